The van der Waals surface area contributed by atoms with E-state index in [1.807, 2.05) is 0 Å². The molecule has 2 N–H and O–H groups in total. The first-order valence-corrected chi connectivity index (χ1v) is 7.21. The first kappa shape index (κ1) is 13.6. The summed E-state index contributed by atoms with van der Waals surface area (Å²) in [5.41, 5.74) is 10.3. The van der Waals surface area contributed by atoms with Crippen LogP contribution >= 0.6 is 0 Å². The summed E-state index contributed by atoms with van der Waals surface area (Å²) in [6, 6.07) is 6.83. The number of nitrogens with two attached hydrogens (primary N) is 1. The van der Waals surface area contributed by atoms with E-state index in [0.29, 0.717) is 0 Å². The van der Waals surface area contributed by atoms with Gasteiger partial charge >= 0.3 is 0 Å². The van der Waals surface area contributed by atoms with Gasteiger partial charge in [0.25, 0.3) is 0 Å². The second kappa shape index (κ2) is 6.35. The topological polar surface area (TPSA) is 29.3 Å². The van der Waals surface area contributed by atoms with Crippen LogP contribution < -0.4 is 5.73 Å². The normalized spacial score (nSPS) is 19.5. The molecule has 0 aromatic heterocycles. The van der Waals surface area contributed by atoms with Crippen LogP contribution in [0.5, 0.6) is 0 Å². The molecule has 0 bridgehead atoms. The Morgan fingerprint density at radius 3 is 2.11 bits per heavy atom. The molecule has 1 saturated heterocycles. The fourth-order valence-electron chi connectivity index (χ4n) is 2.93. The zero-order valence-corrected chi connectivity index (χ0v) is 11.8. The third-order valence-electron chi connectivity index (χ3n) is 3.83. The van der Waals surface area contributed by atoms with Gasteiger partial charge in [-0.3, -0.25) is 0 Å². The maximum absolute atomic E-state index is 6.37. The standard InChI is InChI=1S/C16H26N2/c1-13-9-14(2)11-15(10-13)16(17)12-18-7-5-3-4-6-8-18/h9-11,16H,3-8,12,17H2,1-2H3. The summed E-state index contributed by atoms with van der Waals surface area (Å²) >= 11 is 0. The van der Waals surface area contributed by atoms with Crippen LogP contribution in [0.2, 0.25) is 0 Å². The van der Waals surface area contributed by atoms with Crippen molar-refractivity contribution < 1.29 is 0 Å². The number of benzene rings is 1. The van der Waals surface area contributed by atoms with Gasteiger partial charge in [0.05, 0.1) is 0 Å². The molecule has 1 aromatic carbocycles. The van der Waals surface area contributed by atoms with Crippen molar-refractivity contribution in [1.82, 2.24) is 4.90 Å². The summed E-state index contributed by atoms with van der Waals surface area (Å²) in [7, 11) is 0. The summed E-state index contributed by atoms with van der Waals surface area (Å²) in [5, 5.41) is 0. The quantitative estimate of drug-likeness (QED) is 0.887. The Morgan fingerprint density at radius 2 is 1.56 bits per heavy atom. The van der Waals surface area contributed by atoms with E-state index in [2.05, 4.69) is 36.9 Å². The number of hydrogen-bond acceptors (Lipinski definition) is 2. The molecular formula is C16H26N2. The molecule has 0 spiro atoms. The fraction of sp³-hybridized carbons (Fsp3) is 0.625. The first-order chi connectivity index (χ1) is 8.65. The lowest BCUT2D eigenvalue weighted by molar-refractivity contribution is 0.268. The van der Waals surface area contributed by atoms with Crippen LogP contribution in [-0.4, -0.2) is 24.5 Å². The maximum Gasteiger partial charge on any atom is 0.0424 e. The molecule has 2 heteroatoms. The molecule has 1 aliphatic heterocycles. The summed E-state index contributed by atoms with van der Waals surface area (Å²) in [5.74, 6) is 0. The molecule has 1 atom stereocenters. The van der Waals surface area contributed by atoms with E-state index in [0.717, 1.165) is 6.54 Å². The molecular weight excluding hydrogens is 220 g/mol. The van der Waals surface area contributed by atoms with Crippen molar-refractivity contribution in [1.29, 1.82) is 0 Å². The predicted molar refractivity (Wildman–Crippen MR) is 77.8 cm³/mol. The van der Waals surface area contributed by atoms with E-state index >= 15 is 0 Å². The molecule has 0 radical (unpaired) electrons. The Balaban J connectivity index is 1.99. The van der Waals surface area contributed by atoms with E-state index in [4.69, 9.17) is 5.73 Å². The lowest BCUT2D eigenvalue weighted by atomic mass is 10.0. The highest BCUT2D eigenvalue weighted by Crippen LogP contribution is 2.18. The van der Waals surface area contributed by atoms with E-state index < -0.39 is 0 Å². The summed E-state index contributed by atoms with van der Waals surface area (Å²) < 4.78 is 0. The van der Waals surface area contributed by atoms with Crippen LogP contribution in [0.1, 0.15) is 48.4 Å². The molecule has 0 amide bonds. The third kappa shape index (κ3) is 3.82. The molecule has 2 rings (SSSR count). The van der Waals surface area contributed by atoms with E-state index in [1.54, 1.807) is 0 Å². The van der Waals surface area contributed by atoms with Crippen molar-refractivity contribution in [2.24, 2.45) is 5.73 Å². The summed E-state index contributed by atoms with van der Waals surface area (Å²) in [6.07, 6.45) is 5.43. The van der Waals surface area contributed by atoms with Crippen LogP contribution in [-0.2, 0) is 0 Å². The van der Waals surface area contributed by atoms with Gasteiger partial charge in [-0.25, -0.2) is 0 Å². The van der Waals surface area contributed by atoms with Crippen molar-refractivity contribution in [3.05, 3.63) is 34.9 Å². The number of aryl methyl sites for hydroxylation is 2. The minimum Gasteiger partial charge on any atom is -0.323 e. The van der Waals surface area contributed by atoms with Crippen LogP contribution in [0.15, 0.2) is 18.2 Å². The van der Waals surface area contributed by atoms with Gasteiger partial charge in [0, 0.05) is 12.6 Å². The molecule has 1 aromatic rings. The van der Waals surface area contributed by atoms with E-state index in [-0.39, 0.29) is 6.04 Å². The van der Waals surface area contributed by atoms with Crippen molar-refractivity contribution in [2.75, 3.05) is 19.6 Å². The Morgan fingerprint density at radius 1 is 1.00 bits per heavy atom. The second-order valence-corrected chi connectivity index (χ2v) is 5.74. The first-order valence-electron chi connectivity index (χ1n) is 7.21. The Bertz CT molecular complexity index is 358. The Kier molecular flexibility index (Phi) is 4.79. The SMILES string of the molecule is Cc1cc(C)cc(C(N)CN2CCCCCC2)c1. The zero-order valence-electron chi connectivity index (χ0n) is 11.8. The van der Waals surface area contributed by atoms with Crippen molar-refractivity contribution in [3.63, 3.8) is 0 Å². The van der Waals surface area contributed by atoms with Gasteiger partial charge in [-0.05, 0) is 45.3 Å². The van der Waals surface area contributed by atoms with Crippen LogP contribution in [0.25, 0.3) is 0 Å². The molecule has 2 nitrogen and oxygen atoms in total. The lowest BCUT2D eigenvalue weighted by Crippen LogP contribution is -2.33. The third-order valence-corrected chi connectivity index (χ3v) is 3.83. The second-order valence-electron chi connectivity index (χ2n) is 5.74. The number of hydrogen-bond donors (Lipinski definition) is 1. The highest BCUT2D eigenvalue weighted by molar-refractivity contribution is 5.30. The molecule has 1 heterocycles. The molecule has 100 valence electrons. The number of likely N-dealkylation sites (tertiary alicyclic amines) is 1. The minimum atomic E-state index is 0.154. The molecule has 18 heavy (non-hydrogen) atoms. The Hall–Kier alpha value is -0.860. The highest BCUT2D eigenvalue weighted by atomic mass is 15.1. The van der Waals surface area contributed by atoms with Gasteiger partial charge < -0.3 is 10.6 Å². The largest absolute Gasteiger partial charge is 0.323 e. The van der Waals surface area contributed by atoms with Gasteiger partial charge in [0.1, 0.15) is 0 Å². The molecule has 1 fully saturated rings. The smallest absolute Gasteiger partial charge is 0.0424 e. The lowest BCUT2D eigenvalue weighted by Gasteiger charge is -2.24. The molecule has 1 unspecified atom stereocenters. The summed E-state index contributed by atoms with van der Waals surface area (Å²) in [4.78, 5) is 2.54. The van der Waals surface area contributed by atoms with Crippen molar-refractivity contribution in [2.45, 2.75) is 45.6 Å². The number of nitrogens with zero attached hydrogens (tertiary/aromatic N) is 1. The maximum atomic E-state index is 6.37. The van der Waals surface area contributed by atoms with Gasteiger partial charge in [-0.15, -0.1) is 0 Å². The average molecular weight is 246 g/mol. The van der Waals surface area contributed by atoms with E-state index in [1.165, 1.54) is 55.5 Å². The monoisotopic (exact) mass is 246 g/mol. The molecule has 0 saturated carbocycles. The van der Waals surface area contributed by atoms with Crippen LogP contribution in [0, 0.1) is 13.8 Å². The van der Waals surface area contributed by atoms with Crippen molar-refractivity contribution in [3.8, 4) is 0 Å². The van der Waals surface area contributed by atoms with E-state index in [9.17, 15) is 0 Å². The fourth-order valence-corrected chi connectivity index (χ4v) is 2.93. The zero-order chi connectivity index (χ0) is 13.0. The van der Waals surface area contributed by atoms with Crippen LogP contribution in [0.4, 0.5) is 0 Å². The average Bonchev–Trinajstić information content (AvgIpc) is 2.56. The van der Waals surface area contributed by atoms with Crippen molar-refractivity contribution >= 4 is 0 Å². The molecule has 0 aliphatic carbocycles. The summed E-state index contributed by atoms with van der Waals surface area (Å²) in [6.45, 7) is 7.74. The minimum absolute atomic E-state index is 0.154. The predicted octanol–water partition coefficient (Wildman–Crippen LogP) is 3.18. The Labute approximate surface area is 111 Å². The highest BCUT2D eigenvalue weighted by Gasteiger charge is 2.14. The van der Waals surface area contributed by atoms with Gasteiger partial charge in [0.15, 0.2) is 0 Å². The molecule has 1 aliphatic rings. The van der Waals surface area contributed by atoms with Gasteiger partial charge in [-0.1, -0.05) is 42.2 Å². The van der Waals surface area contributed by atoms with Gasteiger partial charge in [-0.2, -0.15) is 0 Å². The van der Waals surface area contributed by atoms with Crippen LogP contribution in [0.3, 0.4) is 0 Å². The van der Waals surface area contributed by atoms with Gasteiger partial charge in [0.2, 0.25) is 0 Å². The number of rotatable bonds is 3.